The molecule has 0 saturated carbocycles. The first-order valence-electron chi connectivity index (χ1n) is 6.90. The minimum atomic E-state index is -0.0365. The minimum Gasteiger partial charge on any atom is -0.143 e. The van der Waals surface area contributed by atoms with Gasteiger partial charge in [-0.1, -0.05) is 38.1 Å². The van der Waals surface area contributed by atoms with E-state index in [0.29, 0.717) is 5.92 Å². The van der Waals surface area contributed by atoms with Crippen molar-refractivity contribution in [1.29, 1.82) is 0 Å². The lowest BCUT2D eigenvalue weighted by atomic mass is 9.97. The highest BCUT2D eigenvalue weighted by Crippen LogP contribution is 2.39. The first kappa shape index (κ1) is 14.1. The summed E-state index contributed by atoms with van der Waals surface area (Å²) < 4.78 is 2.68. The van der Waals surface area contributed by atoms with E-state index in [-0.39, 0.29) is 5.38 Å². The average Bonchev–Trinajstić information content (AvgIpc) is 3.07. The van der Waals surface area contributed by atoms with Crippen LogP contribution in [0.1, 0.15) is 47.6 Å². The van der Waals surface area contributed by atoms with E-state index >= 15 is 0 Å². The number of rotatable bonds is 4. The van der Waals surface area contributed by atoms with E-state index in [1.807, 2.05) is 0 Å². The molecule has 3 aromatic rings. The average molecular weight is 321 g/mol. The van der Waals surface area contributed by atoms with Gasteiger partial charge in [-0.05, 0) is 41.0 Å². The molecule has 0 saturated heterocycles. The molecule has 1 aromatic carbocycles. The minimum absolute atomic E-state index is 0.0365. The largest absolute Gasteiger partial charge is 0.143 e. The van der Waals surface area contributed by atoms with E-state index in [1.54, 1.807) is 22.7 Å². The molecule has 0 nitrogen and oxygen atoms in total. The number of halogens is 1. The molecule has 2 atom stereocenters. The van der Waals surface area contributed by atoms with Gasteiger partial charge in [0, 0.05) is 14.3 Å². The molecule has 0 spiro atoms. The molecule has 0 aliphatic carbocycles. The van der Waals surface area contributed by atoms with Crippen molar-refractivity contribution in [3.8, 4) is 0 Å². The molecule has 3 heteroatoms. The van der Waals surface area contributed by atoms with E-state index in [2.05, 4.69) is 55.6 Å². The van der Waals surface area contributed by atoms with E-state index in [0.717, 1.165) is 0 Å². The fourth-order valence-electron chi connectivity index (χ4n) is 2.30. The maximum Gasteiger partial charge on any atom is 0.0928 e. The highest BCUT2D eigenvalue weighted by Gasteiger charge is 2.15. The zero-order valence-electron chi connectivity index (χ0n) is 11.6. The van der Waals surface area contributed by atoms with Gasteiger partial charge in [0.15, 0.2) is 0 Å². The molecule has 0 N–H and O–H groups in total. The van der Waals surface area contributed by atoms with E-state index in [9.17, 15) is 0 Å². The van der Waals surface area contributed by atoms with Crippen LogP contribution in [0.25, 0.3) is 9.40 Å². The Balaban J connectivity index is 1.86. The molecule has 0 aliphatic rings. The van der Waals surface area contributed by atoms with Crippen molar-refractivity contribution in [1.82, 2.24) is 0 Å². The molecule has 2 heterocycles. The highest BCUT2D eigenvalue weighted by atomic mass is 35.5. The molecule has 0 bridgehead atoms. The second-order valence-electron chi connectivity index (χ2n) is 5.14. The van der Waals surface area contributed by atoms with Gasteiger partial charge in [0.05, 0.1) is 5.38 Å². The van der Waals surface area contributed by atoms with Crippen LogP contribution >= 0.6 is 34.3 Å². The first-order valence-corrected chi connectivity index (χ1v) is 9.03. The van der Waals surface area contributed by atoms with Crippen molar-refractivity contribution in [2.75, 3.05) is 0 Å². The van der Waals surface area contributed by atoms with Crippen LogP contribution < -0.4 is 0 Å². The fourth-order valence-corrected chi connectivity index (χ4v) is 4.77. The van der Waals surface area contributed by atoms with Gasteiger partial charge in [-0.2, -0.15) is 0 Å². The van der Waals surface area contributed by atoms with Crippen molar-refractivity contribution >= 4 is 43.7 Å². The molecule has 2 unspecified atom stereocenters. The predicted octanol–water partition coefficient (Wildman–Crippen LogP) is 6.80. The molecule has 104 valence electrons. The van der Waals surface area contributed by atoms with Crippen LogP contribution in [-0.4, -0.2) is 0 Å². The van der Waals surface area contributed by atoms with Crippen LogP contribution in [0, 0.1) is 0 Å². The van der Waals surface area contributed by atoms with Crippen molar-refractivity contribution in [2.45, 2.75) is 31.6 Å². The lowest BCUT2D eigenvalue weighted by Crippen LogP contribution is -1.94. The Bertz CT molecular complexity index is 665. The Morgan fingerprint density at radius 1 is 1.05 bits per heavy atom. The van der Waals surface area contributed by atoms with Gasteiger partial charge in [-0.3, -0.25) is 0 Å². The summed E-state index contributed by atoms with van der Waals surface area (Å²) in [4.78, 5) is 1.24. The number of fused-ring (bicyclic) bond motifs is 1. The summed E-state index contributed by atoms with van der Waals surface area (Å²) in [5.41, 5.74) is 2.58. The molecular formula is C17H17ClS2. The maximum atomic E-state index is 6.64. The summed E-state index contributed by atoms with van der Waals surface area (Å²) in [6.07, 6.45) is 1.17. The Kier molecular flexibility index (Phi) is 4.16. The summed E-state index contributed by atoms with van der Waals surface area (Å²) in [5.74, 6) is 0.616. The number of hydrogen-bond acceptors (Lipinski definition) is 2. The number of benzene rings is 1. The lowest BCUT2D eigenvalue weighted by Gasteiger charge is -2.12. The smallest absolute Gasteiger partial charge is 0.0928 e. The Hall–Kier alpha value is -0.830. The van der Waals surface area contributed by atoms with Gasteiger partial charge < -0.3 is 0 Å². The first-order chi connectivity index (χ1) is 9.69. The highest BCUT2D eigenvalue weighted by molar-refractivity contribution is 7.27. The van der Waals surface area contributed by atoms with Crippen molar-refractivity contribution in [2.24, 2.45) is 0 Å². The summed E-state index contributed by atoms with van der Waals surface area (Å²) in [6.45, 7) is 4.49. The zero-order valence-corrected chi connectivity index (χ0v) is 14.0. The predicted molar refractivity (Wildman–Crippen MR) is 92.5 cm³/mol. The van der Waals surface area contributed by atoms with Crippen LogP contribution in [0.4, 0.5) is 0 Å². The van der Waals surface area contributed by atoms with Crippen LogP contribution in [0.3, 0.4) is 0 Å². The van der Waals surface area contributed by atoms with Gasteiger partial charge >= 0.3 is 0 Å². The SMILES string of the molecule is CCC(C)c1ccc(C(Cl)c2cc3sccc3s2)cc1. The Morgan fingerprint density at radius 2 is 1.75 bits per heavy atom. The molecule has 20 heavy (non-hydrogen) atoms. The number of hydrogen-bond donors (Lipinski definition) is 0. The third-order valence-electron chi connectivity index (χ3n) is 3.82. The van der Waals surface area contributed by atoms with Crippen LogP contribution in [-0.2, 0) is 0 Å². The lowest BCUT2D eigenvalue weighted by molar-refractivity contribution is 0.733. The van der Waals surface area contributed by atoms with Gasteiger partial charge in [-0.15, -0.1) is 34.3 Å². The molecular weight excluding hydrogens is 304 g/mol. The standard InChI is InChI=1S/C17H17ClS2/c1-3-11(2)12-4-6-13(7-5-12)17(18)16-10-15-14(20-16)8-9-19-15/h4-11,17H,3H2,1-2H3. The Labute approximate surface area is 133 Å². The van der Waals surface area contributed by atoms with Crippen molar-refractivity contribution in [3.63, 3.8) is 0 Å². The quantitative estimate of drug-likeness (QED) is 0.463. The van der Waals surface area contributed by atoms with Gasteiger partial charge in [0.2, 0.25) is 0 Å². The monoisotopic (exact) mass is 320 g/mol. The summed E-state index contributed by atoms with van der Waals surface area (Å²) in [7, 11) is 0. The normalized spacial score (nSPS) is 14.6. The second-order valence-corrected chi connectivity index (χ2v) is 7.64. The van der Waals surface area contributed by atoms with Gasteiger partial charge in [-0.25, -0.2) is 0 Å². The van der Waals surface area contributed by atoms with Crippen molar-refractivity contribution in [3.05, 3.63) is 57.8 Å². The number of thiophene rings is 2. The third kappa shape index (κ3) is 2.65. The Morgan fingerprint density at radius 3 is 2.40 bits per heavy atom. The third-order valence-corrected chi connectivity index (χ3v) is 6.59. The van der Waals surface area contributed by atoms with Gasteiger partial charge in [0.25, 0.3) is 0 Å². The van der Waals surface area contributed by atoms with Crippen molar-refractivity contribution < 1.29 is 0 Å². The van der Waals surface area contributed by atoms with E-state index < -0.39 is 0 Å². The molecule has 0 radical (unpaired) electrons. The van der Waals surface area contributed by atoms with Gasteiger partial charge in [0.1, 0.15) is 0 Å². The zero-order chi connectivity index (χ0) is 14.1. The summed E-state index contributed by atoms with van der Waals surface area (Å²) in [6, 6.07) is 13.2. The topological polar surface area (TPSA) is 0 Å². The van der Waals surface area contributed by atoms with E-state index in [4.69, 9.17) is 11.6 Å². The number of alkyl halides is 1. The van der Waals surface area contributed by atoms with Crippen LogP contribution in [0.2, 0.25) is 0 Å². The second kappa shape index (κ2) is 5.88. The fraction of sp³-hybridized carbons (Fsp3) is 0.294. The molecule has 0 aliphatic heterocycles. The molecule has 3 rings (SSSR count). The van der Waals surface area contributed by atoms with Crippen LogP contribution in [0.15, 0.2) is 41.8 Å². The summed E-state index contributed by atoms with van der Waals surface area (Å²) in [5, 5.41) is 2.10. The molecule has 0 amide bonds. The summed E-state index contributed by atoms with van der Waals surface area (Å²) >= 11 is 10.2. The maximum absolute atomic E-state index is 6.64. The van der Waals surface area contributed by atoms with Crippen LogP contribution in [0.5, 0.6) is 0 Å². The van der Waals surface area contributed by atoms with E-state index in [1.165, 1.54) is 31.8 Å². The molecule has 2 aromatic heterocycles. The molecule has 0 fully saturated rings.